The van der Waals surface area contributed by atoms with Crippen molar-refractivity contribution in [3.8, 4) is 0 Å². The molecule has 1 aromatic heterocycles. The number of carbonyl (C=O) groups is 1. The van der Waals surface area contributed by atoms with Gasteiger partial charge in [-0.05, 0) is 17.5 Å². The third-order valence-electron chi connectivity index (χ3n) is 3.08. The van der Waals surface area contributed by atoms with Gasteiger partial charge in [-0.3, -0.25) is 4.79 Å². The summed E-state index contributed by atoms with van der Waals surface area (Å²) in [6.07, 6.45) is 5.79. The Bertz CT molecular complexity index is 561. The summed E-state index contributed by atoms with van der Waals surface area (Å²) in [4.78, 5) is 15.2. The molecule has 2 rings (SSSR count). The minimum atomic E-state index is -0.799. The number of hydrogen-bond acceptors (Lipinski definition) is 2. The number of aliphatic carboxylic acids is 1. The van der Waals surface area contributed by atoms with Crippen LogP contribution in [0, 0.1) is 0 Å². The highest BCUT2D eigenvalue weighted by atomic mass is 16.4. The number of aryl methyl sites for hydroxylation is 1. The largest absolute Gasteiger partial charge is 0.481 e. The summed E-state index contributed by atoms with van der Waals surface area (Å²) < 4.78 is 2.09. The van der Waals surface area contributed by atoms with Crippen molar-refractivity contribution in [1.29, 1.82) is 0 Å². The highest BCUT2D eigenvalue weighted by molar-refractivity contribution is 5.70. The maximum Gasteiger partial charge on any atom is 0.307 e. The van der Waals surface area contributed by atoms with Gasteiger partial charge in [-0.25, -0.2) is 4.98 Å². The lowest BCUT2D eigenvalue weighted by Gasteiger charge is -2.11. The summed E-state index contributed by atoms with van der Waals surface area (Å²) in [7, 11) is 0. The van der Waals surface area contributed by atoms with Crippen LogP contribution in [0.5, 0.6) is 0 Å². The standard InChI is InChI=1S/C15H18N2O2/c1-2-5-14-16-8-9-17(14)11-13-7-4-3-6-12(13)10-15(18)19/h3-4,6-9H,2,5,10-11H2,1H3,(H,18,19). The van der Waals surface area contributed by atoms with E-state index in [0.717, 1.165) is 29.8 Å². The van der Waals surface area contributed by atoms with Gasteiger partial charge in [-0.1, -0.05) is 31.2 Å². The molecule has 0 aliphatic carbocycles. The molecule has 0 atom stereocenters. The minimum absolute atomic E-state index is 0.0635. The zero-order valence-electron chi connectivity index (χ0n) is 11.0. The Labute approximate surface area is 112 Å². The predicted molar refractivity (Wildman–Crippen MR) is 73.1 cm³/mol. The number of carboxylic acid groups (broad SMARTS) is 1. The molecule has 1 heterocycles. The molecule has 2 aromatic rings. The van der Waals surface area contributed by atoms with Crippen LogP contribution in [0.2, 0.25) is 0 Å². The van der Waals surface area contributed by atoms with Gasteiger partial charge >= 0.3 is 5.97 Å². The second-order valence-corrected chi connectivity index (χ2v) is 4.56. The molecule has 0 amide bonds. The van der Waals surface area contributed by atoms with E-state index in [1.54, 1.807) is 6.20 Å². The number of hydrogen-bond donors (Lipinski definition) is 1. The van der Waals surface area contributed by atoms with Crippen LogP contribution in [0.1, 0.15) is 30.3 Å². The lowest BCUT2D eigenvalue weighted by atomic mass is 10.0. The van der Waals surface area contributed by atoms with E-state index in [1.807, 2.05) is 30.5 Å². The van der Waals surface area contributed by atoms with Crippen molar-refractivity contribution in [2.75, 3.05) is 0 Å². The molecule has 1 N–H and O–H groups in total. The van der Waals surface area contributed by atoms with E-state index in [1.165, 1.54) is 0 Å². The average Bonchev–Trinajstić information content (AvgIpc) is 2.79. The smallest absolute Gasteiger partial charge is 0.307 e. The number of nitrogens with zero attached hydrogens (tertiary/aromatic N) is 2. The van der Waals surface area contributed by atoms with Gasteiger partial charge in [-0.2, -0.15) is 0 Å². The molecule has 0 aliphatic rings. The molecule has 0 unspecified atom stereocenters. The number of carboxylic acids is 1. The Morgan fingerprint density at radius 3 is 2.74 bits per heavy atom. The van der Waals surface area contributed by atoms with Crippen molar-refractivity contribution in [2.45, 2.75) is 32.7 Å². The molecule has 0 saturated carbocycles. The van der Waals surface area contributed by atoms with Gasteiger partial charge in [0.1, 0.15) is 5.82 Å². The molecule has 4 nitrogen and oxygen atoms in total. The molecule has 19 heavy (non-hydrogen) atoms. The molecule has 4 heteroatoms. The Kier molecular flexibility index (Phi) is 4.34. The van der Waals surface area contributed by atoms with E-state index in [0.29, 0.717) is 6.54 Å². The first-order chi connectivity index (χ1) is 9.20. The molecule has 100 valence electrons. The summed E-state index contributed by atoms with van der Waals surface area (Å²) in [5.74, 6) is 0.250. The minimum Gasteiger partial charge on any atom is -0.481 e. The molecule has 0 radical (unpaired) electrons. The molecule has 1 aromatic carbocycles. The monoisotopic (exact) mass is 258 g/mol. The summed E-state index contributed by atoms with van der Waals surface area (Å²) in [6.45, 7) is 2.80. The summed E-state index contributed by atoms with van der Waals surface area (Å²) in [6, 6.07) is 7.67. The van der Waals surface area contributed by atoms with Crippen LogP contribution < -0.4 is 0 Å². The summed E-state index contributed by atoms with van der Waals surface area (Å²) in [5.41, 5.74) is 1.91. The van der Waals surface area contributed by atoms with Crippen LogP contribution in [0.4, 0.5) is 0 Å². The SMILES string of the molecule is CCCc1nccn1Cc1ccccc1CC(=O)O. The van der Waals surface area contributed by atoms with Gasteiger partial charge < -0.3 is 9.67 Å². The first kappa shape index (κ1) is 13.3. The number of rotatable bonds is 6. The number of imidazole rings is 1. The maximum absolute atomic E-state index is 10.9. The van der Waals surface area contributed by atoms with E-state index in [9.17, 15) is 4.79 Å². The van der Waals surface area contributed by atoms with Crippen molar-refractivity contribution in [1.82, 2.24) is 9.55 Å². The molecule has 0 saturated heterocycles. The first-order valence-electron chi connectivity index (χ1n) is 6.49. The normalized spacial score (nSPS) is 10.6. The van der Waals surface area contributed by atoms with Crippen LogP contribution >= 0.6 is 0 Å². The van der Waals surface area contributed by atoms with E-state index >= 15 is 0 Å². The topological polar surface area (TPSA) is 55.1 Å². The Morgan fingerprint density at radius 2 is 2.05 bits per heavy atom. The third-order valence-corrected chi connectivity index (χ3v) is 3.08. The van der Waals surface area contributed by atoms with Gasteiger partial charge in [-0.15, -0.1) is 0 Å². The predicted octanol–water partition coefficient (Wildman–Crippen LogP) is 2.51. The first-order valence-corrected chi connectivity index (χ1v) is 6.49. The Morgan fingerprint density at radius 1 is 1.32 bits per heavy atom. The zero-order valence-corrected chi connectivity index (χ0v) is 11.0. The van der Waals surface area contributed by atoms with E-state index in [2.05, 4.69) is 16.5 Å². The highest BCUT2D eigenvalue weighted by Crippen LogP contribution is 2.13. The summed E-state index contributed by atoms with van der Waals surface area (Å²) >= 11 is 0. The Balaban J connectivity index is 2.22. The fraction of sp³-hybridized carbons (Fsp3) is 0.333. The number of benzene rings is 1. The van der Waals surface area contributed by atoms with Gasteiger partial charge in [0.2, 0.25) is 0 Å². The van der Waals surface area contributed by atoms with Crippen molar-refractivity contribution >= 4 is 5.97 Å². The third kappa shape index (κ3) is 3.44. The Hall–Kier alpha value is -2.10. The van der Waals surface area contributed by atoms with Crippen LogP contribution in [-0.2, 0) is 24.2 Å². The second-order valence-electron chi connectivity index (χ2n) is 4.56. The summed E-state index contributed by atoms with van der Waals surface area (Å²) in [5, 5.41) is 8.94. The van der Waals surface area contributed by atoms with Crippen molar-refractivity contribution in [2.24, 2.45) is 0 Å². The highest BCUT2D eigenvalue weighted by Gasteiger charge is 2.08. The molecular weight excluding hydrogens is 240 g/mol. The fourth-order valence-electron chi connectivity index (χ4n) is 2.17. The lowest BCUT2D eigenvalue weighted by molar-refractivity contribution is -0.136. The van der Waals surface area contributed by atoms with Crippen molar-refractivity contribution < 1.29 is 9.90 Å². The van der Waals surface area contributed by atoms with E-state index in [4.69, 9.17) is 5.11 Å². The maximum atomic E-state index is 10.9. The lowest BCUT2D eigenvalue weighted by Crippen LogP contribution is -2.09. The van der Waals surface area contributed by atoms with Crippen LogP contribution in [0.25, 0.3) is 0 Å². The van der Waals surface area contributed by atoms with Gasteiger partial charge in [0.25, 0.3) is 0 Å². The van der Waals surface area contributed by atoms with Gasteiger partial charge in [0.05, 0.1) is 6.42 Å². The van der Waals surface area contributed by atoms with E-state index in [-0.39, 0.29) is 6.42 Å². The number of aromatic nitrogens is 2. The molecule has 0 fully saturated rings. The molecular formula is C15H18N2O2. The van der Waals surface area contributed by atoms with Crippen LogP contribution in [0.15, 0.2) is 36.7 Å². The van der Waals surface area contributed by atoms with Crippen molar-refractivity contribution in [3.63, 3.8) is 0 Å². The zero-order chi connectivity index (χ0) is 13.7. The quantitative estimate of drug-likeness (QED) is 0.866. The van der Waals surface area contributed by atoms with Crippen LogP contribution in [-0.4, -0.2) is 20.6 Å². The van der Waals surface area contributed by atoms with Crippen molar-refractivity contribution in [3.05, 3.63) is 53.6 Å². The van der Waals surface area contributed by atoms with Gasteiger partial charge in [0, 0.05) is 25.4 Å². The molecule has 0 spiro atoms. The van der Waals surface area contributed by atoms with E-state index < -0.39 is 5.97 Å². The molecule has 0 bridgehead atoms. The van der Waals surface area contributed by atoms with Crippen LogP contribution in [0.3, 0.4) is 0 Å². The fourth-order valence-corrected chi connectivity index (χ4v) is 2.17. The molecule has 0 aliphatic heterocycles. The second kappa shape index (κ2) is 6.18. The average molecular weight is 258 g/mol. The van der Waals surface area contributed by atoms with Gasteiger partial charge in [0.15, 0.2) is 0 Å².